The van der Waals surface area contributed by atoms with Gasteiger partial charge >= 0.3 is 0 Å². The molecule has 2 aromatic rings. The molecule has 1 aliphatic rings. The Balaban J connectivity index is 1.58. The summed E-state index contributed by atoms with van der Waals surface area (Å²) in [6.07, 6.45) is 4.67. The molecule has 1 amide bonds. The van der Waals surface area contributed by atoms with E-state index in [1.54, 1.807) is 14.2 Å². The van der Waals surface area contributed by atoms with E-state index in [2.05, 4.69) is 6.07 Å². The molecule has 0 aliphatic carbocycles. The molecule has 2 aromatic carbocycles. The third-order valence-electron chi connectivity index (χ3n) is 5.81. The standard InChI is InChI=1S/C25H33NO4/c1-19(30-18-21-9-5-4-6-10-21)25(27)26-16-8-7-11-22(26)14-12-20-13-15-23(28-2)24(17-20)29-3/h4-6,9-10,13,15,17,19,22H,7-8,11-12,14,16,18H2,1-3H3. The minimum atomic E-state index is -0.438. The lowest BCUT2D eigenvalue weighted by Gasteiger charge is -2.37. The molecule has 30 heavy (non-hydrogen) atoms. The molecule has 1 heterocycles. The molecular formula is C25H33NO4. The minimum Gasteiger partial charge on any atom is -0.493 e. The van der Waals surface area contributed by atoms with Crippen LogP contribution in [0.4, 0.5) is 0 Å². The molecule has 1 fully saturated rings. The van der Waals surface area contributed by atoms with Gasteiger partial charge in [0.1, 0.15) is 6.10 Å². The van der Waals surface area contributed by atoms with Crippen LogP contribution in [0.25, 0.3) is 0 Å². The highest BCUT2D eigenvalue weighted by molar-refractivity contribution is 5.81. The van der Waals surface area contributed by atoms with Crippen LogP contribution in [0.3, 0.4) is 0 Å². The number of piperidine rings is 1. The maximum Gasteiger partial charge on any atom is 0.251 e. The topological polar surface area (TPSA) is 48.0 Å². The zero-order valence-electron chi connectivity index (χ0n) is 18.3. The Kier molecular flexibility index (Phi) is 8.14. The van der Waals surface area contributed by atoms with E-state index < -0.39 is 6.10 Å². The molecule has 0 saturated carbocycles. The smallest absolute Gasteiger partial charge is 0.251 e. The predicted octanol–water partition coefficient (Wildman–Crippen LogP) is 4.62. The number of carbonyl (C=O) groups excluding carboxylic acids is 1. The van der Waals surface area contributed by atoms with Crippen molar-refractivity contribution in [3.63, 3.8) is 0 Å². The third-order valence-corrected chi connectivity index (χ3v) is 5.81. The second-order valence-corrected chi connectivity index (χ2v) is 7.85. The number of ether oxygens (including phenoxy) is 3. The highest BCUT2D eigenvalue weighted by Crippen LogP contribution is 2.29. The van der Waals surface area contributed by atoms with Gasteiger partial charge in [-0.15, -0.1) is 0 Å². The number of hydrogen-bond donors (Lipinski definition) is 0. The average Bonchev–Trinajstić information content (AvgIpc) is 2.81. The van der Waals surface area contributed by atoms with Gasteiger partial charge in [-0.1, -0.05) is 36.4 Å². The van der Waals surface area contributed by atoms with Crippen molar-refractivity contribution in [2.45, 2.75) is 57.8 Å². The second kappa shape index (κ2) is 11.0. The van der Waals surface area contributed by atoms with Crippen molar-refractivity contribution >= 4 is 5.91 Å². The molecule has 2 unspecified atom stereocenters. The molecule has 2 atom stereocenters. The van der Waals surface area contributed by atoms with Gasteiger partial charge in [0.05, 0.1) is 20.8 Å². The van der Waals surface area contributed by atoms with Crippen molar-refractivity contribution in [3.8, 4) is 11.5 Å². The van der Waals surface area contributed by atoms with Gasteiger partial charge in [0.2, 0.25) is 0 Å². The van der Waals surface area contributed by atoms with Gasteiger partial charge in [0.25, 0.3) is 5.91 Å². The number of nitrogens with zero attached hydrogens (tertiary/aromatic N) is 1. The molecule has 0 bridgehead atoms. The lowest BCUT2D eigenvalue weighted by molar-refractivity contribution is -0.147. The van der Waals surface area contributed by atoms with E-state index in [4.69, 9.17) is 14.2 Å². The fourth-order valence-electron chi connectivity index (χ4n) is 4.06. The Bertz CT molecular complexity index is 808. The van der Waals surface area contributed by atoms with E-state index in [0.717, 1.165) is 49.3 Å². The zero-order chi connectivity index (χ0) is 21.3. The fourth-order valence-corrected chi connectivity index (χ4v) is 4.06. The number of likely N-dealkylation sites (tertiary alicyclic amines) is 1. The Labute approximate surface area is 179 Å². The summed E-state index contributed by atoms with van der Waals surface area (Å²) in [7, 11) is 3.30. The molecule has 162 valence electrons. The molecule has 5 heteroatoms. The maximum atomic E-state index is 13.1. The normalized spacial score (nSPS) is 17.4. The van der Waals surface area contributed by atoms with Gasteiger partial charge < -0.3 is 19.1 Å². The lowest BCUT2D eigenvalue weighted by atomic mass is 9.95. The summed E-state index contributed by atoms with van der Waals surface area (Å²) in [5.41, 5.74) is 2.28. The Hall–Kier alpha value is -2.53. The summed E-state index contributed by atoms with van der Waals surface area (Å²) in [6.45, 7) is 3.14. The largest absolute Gasteiger partial charge is 0.493 e. The third kappa shape index (κ3) is 5.76. The van der Waals surface area contributed by atoms with Gasteiger partial charge in [-0.3, -0.25) is 4.79 Å². The van der Waals surface area contributed by atoms with Gasteiger partial charge in [-0.05, 0) is 62.3 Å². The van der Waals surface area contributed by atoms with E-state index >= 15 is 0 Å². The van der Waals surface area contributed by atoms with Crippen molar-refractivity contribution in [2.24, 2.45) is 0 Å². The van der Waals surface area contributed by atoms with Crippen LogP contribution in [0.5, 0.6) is 11.5 Å². The first kappa shape index (κ1) is 22.2. The van der Waals surface area contributed by atoms with Crippen LogP contribution in [0, 0.1) is 0 Å². The number of hydrogen-bond acceptors (Lipinski definition) is 4. The summed E-state index contributed by atoms with van der Waals surface area (Å²) < 4.78 is 16.6. The van der Waals surface area contributed by atoms with Crippen molar-refractivity contribution in [1.82, 2.24) is 4.90 Å². The van der Waals surface area contributed by atoms with Crippen LogP contribution in [0.2, 0.25) is 0 Å². The minimum absolute atomic E-state index is 0.0999. The number of benzene rings is 2. The van der Waals surface area contributed by atoms with Crippen molar-refractivity contribution in [1.29, 1.82) is 0 Å². The summed E-state index contributed by atoms with van der Waals surface area (Å²) in [5, 5.41) is 0. The van der Waals surface area contributed by atoms with Crippen LogP contribution in [0.15, 0.2) is 48.5 Å². The predicted molar refractivity (Wildman–Crippen MR) is 118 cm³/mol. The van der Waals surface area contributed by atoms with Crippen LogP contribution in [0.1, 0.15) is 43.7 Å². The molecule has 1 saturated heterocycles. The molecule has 0 N–H and O–H groups in total. The molecule has 0 radical (unpaired) electrons. The quantitative estimate of drug-likeness (QED) is 0.604. The Morgan fingerprint density at radius 3 is 2.53 bits per heavy atom. The van der Waals surface area contributed by atoms with Gasteiger partial charge in [0, 0.05) is 12.6 Å². The summed E-state index contributed by atoms with van der Waals surface area (Å²) in [6, 6.07) is 16.3. The molecular weight excluding hydrogens is 378 g/mol. The SMILES string of the molecule is COc1ccc(CCC2CCCCN2C(=O)C(C)OCc2ccccc2)cc1OC. The number of carbonyl (C=O) groups is 1. The first-order chi connectivity index (χ1) is 14.6. The highest BCUT2D eigenvalue weighted by Gasteiger charge is 2.29. The first-order valence-corrected chi connectivity index (χ1v) is 10.8. The highest BCUT2D eigenvalue weighted by atomic mass is 16.5. The maximum absolute atomic E-state index is 13.1. The number of aryl methyl sites for hydroxylation is 1. The summed E-state index contributed by atoms with van der Waals surface area (Å²) >= 11 is 0. The fraction of sp³-hybridized carbons (Fsp3) is 0.480. The van der Waals surface area contributed by atoms with Crippen molar-refractivity contribution in [3.05, 3.63) is 59.7 Å². The number of amides is 1. The zero-order valence-corrected chi connectivity index (χ0v) is 18.3. The number of rotatable bonds is 9. The summed E-state index contributed by atoms with van der Waals surface area (Å²) in [5.74, 6) is 1.58. The van der Waals surface area contributed by atoms with E-state index in [1.807, 2.05) is 54.3 Å². The van der Waals surface area contributed by atoms with Crippen molar-refractivity contribution in [2.75, 3.05) is 20.8 Å². The number of methoxy groups -OCH3 is 2. The van der Waals surface area contributed by atoms with Gasteiger partial charge in [-0.2, -0.15) is 0 Å². The van der Waals surface area contributed by atoms with Crippen LogP contribution in [-0.4, -0.2) is 43.7 Å². The Morgan fingerprint density at radius 2 is 1.80 bits per heavy atom. The van der Waals surface area contributed by atoms with Crippen LogP contribution >= 0.6 is 0 Å². The van der Waals surface area contributed by atoms with E-state index in [9.17, 15) is 4.79 Å². The molecule has 0 aromatic heterocycles. The second-order valence-electron chi connectivity index (χ2n) is 7.85. The lowest BCUT2D eigenvalue weighted by Crippen LogP contribution is -2.48. The monoisotopic (exact) mass is 411 g/mol. The summed E-state index contributed by atoms with van der Waals surface area (Å²) in [4.78, 5) is 15.1. The first-order valence-electron chi connectivity index (χ1n) is 10.8. The van der Waals surface area contributed by atoms with Crippen LogP contribution in [-0.2, 0) is 22.6 Å². The van der Waals surface area contributed by atoms with Gasteiger partial charge in [0.15, 0.2) is 11.5 Å². The van der Waals surface area contributed by atoms with E-state index in [1.165, 1.54) is 12.0 Å². The van der Waals surface area contributed by atoms with E-state index in [0.29, 0.717) is 6.61 Å². The molecule has 3 rings (SSSR count). The van der Waals surface area contributed by atoms with E-state index in [-0.39, 0.29) is 11.9 Å². The van der Waals surface area contributed by atoms with Gasteiger partial charge in [-0.25, -0.2) is 0 Å². The molecule has 5 nitrogen and oxygen atoms in total. The van der Waals surface area contributed by atoms with Crippen molar-refractivity contribution < 1.29 is 19.0 Å². The molecule has 0 spiro atoms. The average molecular weight is 412 g/mol. The van der Waals surface area contributed by atoms with Crippen LogP contribution < -0.4 is 9.47 Å². The molecule has 1 aliphatic heterocycles. The Morgan fingerprint density at radius 1 is 1.03 bits per heavy atom.